The predicted octanol–water partition coefficient (Wildman–Crippen LogP) is 21.5. The van der Waals surface area contributed by atoms with Crippen LogP contribution in [0, 0.1) is 0 Å². The Morgan fingerprint density at radius 1 is 0.238 bits per heavy atom. The highest BCUT2D eigenvalue weighted by Gasteiger charge is 2.22. The maximum absolute atomic E-state index is 5.47. The molecule has 0 aliphatic rings. The van der Waals surface area contributed by atoms with Gasteiger partial charge in [-0.1, -0.05) is 255 Å². The van der Waals surface area contributed by atoms with E-state index in [0.29, 0.717) is 17.5 Å². The minimum atomic E-state index is 0.591. The van der Waals surface area contributed by atoms with Crippen LogP contribution < -0.4 is 0 Å². The Labute approximate surface area is 490 Å². The zero-order valence-electron chi connectivity index (χ0n) is 45.6. The van der Waals surface area contributed by atoms with Gasteiger partial charge in [0.05, 0.1) is 11.0 Å². The van der Waals surface area contributed by atoms with Gasteiger partial charge in [0, 0.05) is 53.3 Å². The lowest BCUT2D eigenvalue weighted by molar-refractivity contribution is 1.07. The number of rotatable bonds is 10. The SMILES string of the molecule is c1ccc(-c2ccc(-c3ccc(-c4nc(-c5ccc(-c6ccc(-c7ccccc7)cc6)cc5)nc(-c5ccc(-n6c7cc8ccccc8cc7c7c(-c8ccccc8)cccc76)cc5-c5ccc6c(c5)sc5ccccc56)n4)cc3)cc2)cc1. The minimum absolute atomic E-state index is 0.591. The Kier molecular flexibility index (Phi) is 12.0. The summed E-state index contributed by atoms with van der Waals surface area (Å²) in [6.45, 7) is 0. The van der Waals surface area contributed by atoms with Gasteiger partial charge in [0.1, 0.15) is 0 Å². The quantitative estimate of drug-likeness (QED) is 0.137. The molecule has 5 heteroatoms. The van der Waals surface area contributed by atoms with E-state index in [2.05, 4.69) is 308 Å². The van der Waals surface area contributed by atoms with Crippen molar-refractivity contribution in [3.63, 3.8) is 0 Å². The van der Waals surface area contributed by atoms with E-state index in [4.69, 9.17) is 15.0 Å². The van der Waals surface area contributed by atoms with E-state index in [1.165, 1.54) is 75.1 Å². The lowest BCUT2D eigenvalue weighted by atomic mass is 9.96. The van der Waals surface area contributed by atoms with Crippen molar-refractivity contribution in [2.45, 2.75) is 0 Å². The Bertz CT molecular complexity index is 4980. The molecule has 3 heterocycles. The summed E-state index contributed by atoms with van der Waals surface area (Å²) in [4.78, 5) is 16.3. The molecule has 3 aromatic heterocycles. The normalized spacial score (nSPS) is 11.6. The monoisotopic (exact) mass is 1090 g/mol. The fourth-order valence-corrected chi connectivity index (χ4v) is 13.4. The Morgan fingerprint density at radius 2 is 0.690 bits per heavy atom. The van der Waals surface area contributed by atoms with Gasteiger partial charge in [0.15, 0.2) is 17.5 Å². The molecule has 0 aliphatic heterocycles. The van der Waals surface area contributed by atoms with Gasteiger partial charge >= 0.3 is 0 Å². The van der Waals surface area contributed by atoms with Crippen LogP contribution in [0.5, 0.6) is 0 Å². The molecule has 0 fully saturated rings. The average molecular weight is 1090 g/mol. The van der Waals surface area contributed by atoms with Crippen molar-refractivity contribution in [2.75, 3.05) is 0 Å². The molecule has 13 aromatic carbocycles. The van der Waals surface area contributed by atoms with Crippen LogP contribution in [-0.2, 0) is 0 Å². The second kappa shape index (κ2) is 20.6. The van der Waals surface area contributed by atoms with E-state index in [9.17, 15) is 0 Å². The molecule has 84 heavy (non-hydrogen) atoms. The smallest absolute Gasteiger partial charge is 0.164 e. The standard InChI is InChI=1S/C79H50N4S/c1-4-15-51(16-5-1)53-27-31-55(32-28-53)57-35-39-60(40-36-57)77-80-78(61-41-37-58(38-42-61)56-33-29-54(30-34-56)52-17-6-2-7-18-52)82-79(81-77)69-46-44-65(50-70(69)64-43-45-68-67-23-12-13-26-74(67)84-75(68)49-64)83-72-25-14-24-66(59-19-8-3-9-20-59)76(72)71-47-62-21-10-11-22-63(62)48-73(71)83/h1-50H. The topological polar surface area (TPSA) is 43.6 Å². The van der Waals surface area contributed by atoms with Crippen molar-refractivity contribution in [3.8, 4) is 107 Å². The Hall–Kier alpha value is -10.9. The molecule has 0 amide bonds. The van der Waals surface area contributed by atoms with Crippen molar-refractivity contribution in [1.82, 2.24) is 19.5 Å². The fraction of sp³-hybridized carbons (Fsp3) is 0. The maximum Gasteiger partial charge on any atom is 0.164 e. The van der Waals surface area contributed by atoms with Crippen LogP contribution in [0.1, 0.15) is 0 Å². The van der Waals surface area contributed by atoms with Crippen molar-refractivity contribution in [3.05, 3.63) is 303 Å². The molecular weight excluding hydrogens is 1040 g/mol. The third kappa shape index (κ3) is 8.83. The summed E-state index contributed by atoms with van der Waals surface area (Å²) in [6, 6.07) is 109. The number of benzene rings is 13. The number of fused-ring (bicyclic) bond motifs is 7. The number of hydrogen-bond donors (Lipinski definition) is 0. The van der Waals surface area contributed by atoms with E-state index in [0.717, 1.165) is 66.8 Å². The second-order valence-electron chi connectivity index (χ2n) is 21.5. The van der Waals surface area contributed by atoms with Crippen molar-refractivity contribution >= 4 is 64.1 Å². The van der Waals surface area contributed by atoms with Crippen molar-refractivity contribution in [1.29, 1.82) is 0 Å². The summed E-state index contributed by atoms with van der Waals surface area (Å²) in [5, 5.41) is 7.34. The summed E-state index contributed by atoms with van der Waals surface area (Å²) in [5.41, 5.74) is 19.8. The molecule has 4 nitrogen and oxygen atoms in total. The summed E-state index contributed by atoms with van der Waals surface area (Å²) in [7, 11) is 0. The summed E-state index contributed by atoms with van der Waals surface area (Å²) >= 11 is 1.83. The third-order valence-corrected chi connectivity index (χ3v) is 17.6. The average Bonchev–Trinajstić information content (AvgIpc) is 1.90. The lowest BCUT2D eigenvalue weighted by Crippen LogP contribution is -2.02. The summed E-state index contributed by atoms with van der Waals surface area (Å²) < 4.78 is 4.94. The zero-order chi connectivity index (χ0) is 55.5. The molecule has 0 atom stereocenters. The molecule has 0 saturated carbocycles. The van der Waals surface area contributed by atoms with Gasteiger partial charge < -0.3 is 4.57 Å². The van der Waals surface area contributed by atoms with Gasteiger partial charge in [-0.25, -0.2) is 15.0 Å². The number of aromatic nitrogens is 4. The van der Waals surface area contributed by atoms with Crippen LogP contribution in [-0.4, -0.2) is 19.5 Å². The van der Waals surface area contributed by atoms with Gasteiger partial charge in [-0.15, -0.1) is 11.3 Å². The molecule has 0 bridgehead atoms. The zero-order valence-corrected chi connectivity index (χ0v) is 46.4. The van der Waals surface area contributed by atoms with E-state index in [-0.39, 0.29) is 0 Å². The van der Waals surface area contributed by atoms with Gasteiger partial charge in [-0.3, -0.25) is 0 Å². The summed E-state index contributed by atoms with van der Waals surface area (Å²) in [6.07, 6.45) is 0. The molecule has 16 rings (SSSR count). The molecule has 0 saturated heterocycles. The predicted molar refractivity (Wildman–Crippen MR) is 353 cm³/mol. The molecule has 16 aromatic rings. The molecule has 0 spiro atoms. The van der Waals surface area contributed by atoms with E-state index < -0.39 is 0 Å². The van der Waals surface area contributed by atoms with E-state index >= 15 is 0 Å². The highest BCUT2D eigenvalue weighted by molar-refractivity contribution is 7.25. The molecule has 392 valence electrons. The van der Waals surface area contributed by atoms with Crippen LogP contribution in [0.25, 0.3) is 159 Å². The molecule has 0 N–H and O–H groups in total. The maximum atomic E-state index is 5.47. The van der Waals surface area contributed by atoms with E-state index in [1.54, 1.807) is 0 Å². The molecular formula is C79H50N4S. The highest BCUT2D eigenvalue weighted by Crippen LogP contribution is 2.44. The second-order valence-corrected chi connectivity index (χ2v) is 22.6. The largest absolute Gasteiger partial charge is 0.309 e. The molecule has 0 unspecified atom stereocenters. The third-order valence-electron chi connectivity index (χ3n) is 16.5. The van der Waals surface area contributed by atoms with Crippen LogP contribution in [0.2, 0.25) is 0 Å². The number of nitrogens with zero attached hydrogens (tertiary/aromatic N) is 4. The van der Waals surface area contributed by atoms with Crippen molar-refractivity contribution in [2.24, 2.45) is 0 Å². The van der Waals surface area contributed by atoms with Crippen LogP contribution in [0.4, 0.5) is 0 Å². The first-order valence-corrected chi connectivity index (χ1v) is 29.3. The number of hydrogen-bond acceptors (Lipinski definition) is 4. The van der Waals surface area contributed by atoms with Crippen LogP contribution in [0.3, 0.4) is 0 Å². The first-order valence-electron chi connectivity index (χ1n) is 28.5. The number of thiophene rings is 1. The molecule has 0 aliphatic carbocycles. The Balaban J connectivity index is 0.876. The molecule has 0 radical (unpaired) electrons. The van der Waals surface area contributed by atoms with Gasteiger partial charge in [0.2, 0.25) is 0 Å². The van der Waals surface area contributed by atoms with Gasteiger partial charge in [-0.2, -0.15) is 0 Å². The van der Waals surface area contributed by atoms with Crippen LogP contribution >= 0.6 is 11.3 Å². The van der Waals surface area contributed by atoms with E-state index in [1.807, 2.05) is 11.3 Å². The minimum Gasteiger partial charge on any atom is -0.309 e. The first-order chi connectivity index (χ1) is 41.6. The lowest BCUT2D eigenvalue weighted by Gasteiger charge is -2.16. The Morgan fingerprint density at radius 3 is 1.26 bits per heavy atom. The van der Waals surface area contributed by atoms with Gasteiger partial charge in [-0.05, 0) is 126 Å². The highest BCUT2D eigenvalue weighted by atomic mass is 32.1. The first kappa shape index (κ1) is 49.0. The summed E-state index contributed by atoms with van der Waals surface area (Å²) in [5.74, 6) is 1.78. The fourth-order valence-electron chi connectivity index (χ4n) is 12.2. The van der Waals surface area contributed by atoms with Crippen molar-refractivity contribution < 1.29 is 0 Å². The van der Waals surface area contributed by atoms with Crippen LogP contribution in [0.15, 0.2) is 303 Å². The van der Waals surface area contributed by atoms with Gasteiger partial charge in [0.25, 0.3) is 0 Å².